The maximum Gasteiger partial charge on any atom is 0.136 e. The third-order valence-electron chi connectivity index (χ3n) is 12.1. The minimum Gasteiger partial charge on any atom is -0.456 e. The largest absolute Gasteiger partial charge is 0.456 e. The molecule has 10 aromatic carbocycles. The number of fused-ring (bicyclic) bond motifs is 7. The lowest BCUT2D eigenvalue weighted by atomic mass is 9.91. The molecular weight excluding hydrogens is 759 g/mol. The molecule has 0 fully saturated rings. The van der Waals surface area contributed by atoms with E-state index >= 15 is 0 Å². The summed E-state index contributed by atoms with van der Waals surface area (Å²) in [7, 11) is 0. The van der Waals surface area contributed by atoms with Gasteiger partial charge >= 0.3 is 0 Å². The number of para-hydroxylation sites is 3. The molecule has 0 unspecified atom stereocenters. The fourth-order valence-corrected chi connectivity index (χ4v) is 10.4. The summed E-state index contributed by atoms with van der Waals surface area (Å²) in [5.74, 6) is 0. The van der Waals surface area contributed by atoms with Gasteiger partial charge in [-0.15, -0.1) is 11.3 Å². The van der Waals surface area contributed by atoms with Gasteiger partial charge in [0.15, 0.2) is 0 Å². The average Bonchev–Trinajstić information content (AvgIpc) is 3.90. The number of hydrogen-bond acceptors (Lipinski definition) is 3. The van der Waals surface area contributed by atoms with Gasteiger partial charge in [-0.2, -0.15) is 0 Å². The zero-order valence-corrected chi connectivity index (χ0v) is 33.9. The molecule has 0 saturated heterocycles. The van der Waals surface area contributed by atoms with Crippen molar-refractivity contribution >= 4 is 81.3 Å². The lowest BCUT2D eigenvalue weighted by Crippen LogP contribution is -2.12. The minimum absolute atomic E-state index is 0.879. The summed E-state index contributed by atoms with van der Waals surface area (Å²) in [5.41, 5.74) is 14.3. The standard InChI is InChI=1S/C58H37NOS/c1-2-15-40-36-42(29-28-38(40)14-1)44-16-3-4-17-45(44)46-18-5-9-23-52(46)59(43-33-30-39(31-34-43)41-32-35-49-48-20-8-12-27-56(48)61-57(49)37-41)53-24-10-6-19-47(53)50-22-13-26-55-58(50)51-21-7-11-25-54(51)60-55/h1-37H. The lowest BCUT2D eigenvalue weighted by Gasteiger charge is -2.30. The van der Waals surface area contributed by atoms with Gasteiger partial charge in [0.1, 0.15) is 11.2 Å². The molecule has 2 heterocycles. The smallest absolute Gasteiger partial charge is 0.136 e. The van der Waals surface area contributed by atoms with Crippen LogP contribution in [0.25, 0.3) is 97.4 Å². The molecule has 0 aliphatic heterocycles. The van der Waals surface area contributed by atoms with Crippen molar-refractivity contribution in [3.8, 4) is 44.5 Å². The Morgan fingerprint density at radius 2 is 0.902 bits per heavy atom. The van der Waals surface area contributed by atoms with Crippen LogP contribution in [0.4, 0.5) is 17.1 Å². The fourth-order valence-electron chi connectivity index (χ4n) is 9.23. The molecule has 0 aliphatic rings. The second-order valence-electron chi connectivity index (χ2n) is 15.6. The number of furan rings is 1. The van der Waals surface area contributed by atoms with Gasteiger partial charge in [0, 0.05) is 47.8 Å². The van der Waals surface area contributed by atoms with Gasteiger partial charge in [-0.25, -0.2) is 0 Å². The highest BCUT2D eigenvalue weighted by molar-refractivity contribution is 7.25. The van der Waals surface area contributed by atoms with Crippen molar-refractivity contribution in [2.24, 2.45) is 0 Å². The quantitative estimate of drug-likeness (QED) is 0.160. The van der Waals surface area contributed by atoms with Gasteiger partial charge in [-0.05, 0) is 98.8 Å². The molecule has 3 heteroatoms. The maximum atomic E-state index is 6.43. The fraction of sp³-hybridized carbons (Fsp3) is 0. The molecule has 286 valence electrons. The van der Waals surface area contributed by atoms with Crippen molar-refractivity contribution in [1.29, 1.82) is 0 Å². The summed E-state index contributed by atoms with van der Waals surface area (Å²) in [6.07, 6.45) is 0. The molecule has 12 aromatic rings. The molecular formula is C58H37NOS. The normalized spacial score (nSPS) is 11.6. The Hall–Kier alpha value is -7.72. The monoisotopic (exact) mass is 795 g/mol. The first-order valence-corrected chi connectivity index (χ1v) is 21.6. The highest BCUT2D eigenvalue weighted by Gasteiger charge is 2.23. The summed E-state index contributed by atoms with van der Waals surface area (Å²) in [6.45, 7) is 0. The van der Waals surface area contributed by atoms with Gasteiger partial charge in [-0.1, -0.05) is 170 Å². The Morgan fingerprint density at radius 1 is 0.328 bits per heavy atom. The molecule has 0 spiro atoms. The summed E-state index contributed by atoms with van der Waals surface area (Å²) >= 11 is 1.86. The summed E-state index contributed by atoms with van der Waals surface area (Å²) < 4.78 is 9.05. The number of thiophene rings is 1. The number of nitrogens with zero attached hydrogens (tertiary/aromatic N) is 1. The van der Waals surface area contributed by atoms with Gasteiger partial charge < -0.3 is 9.32 Å². The van der Waals surface area contributed by atoms with E-state index in [0.717, 1.165) is 55.7 Å². The van der Waals surface area contributed by atoms with E-state index in [0.29, 0.717) is 0 Å². The Labute approximate surface area is 357 Å². The van der Waals surface area contributed by atoms with Crippen LogP contribution in [0.15, 0.2) is 229 Å². The van der Waals surface area contributed by atoms with Gasteiger partial charge in [-0.3, -0.25) is 0 Å². The van der Waals surface area contributed by atoms with Crippen LogP contribution >= 0.6 is 11.3 Å². The molecule has 0 radical (unpaired) electrons. The van der Waals surface area contributed by atoms with E-state index in [2.05, 4.69) is 223 Å². The Bertz CT molecular complexity index is 3610. The summed E-state index contributed by atoms with van der Waals surface area (Å²) in [6, 6.07) is 81.3. The van der Waals surface area contributed by atoms with Crippen LogP contribution in [0.3, 0.4) is 0 Å². The van der Waals surface area contributed by atoms with E-state index in [1.54, 1.807) is 0 Å². The number of benzene rings is 10. The first-order chi connectivity index (χ1) is 30.2. The molecule has 12 rings (SSSR count). The van der Waals surface area contributed by atoms with Crippen LogP contribution in [0.2, 0.25) is 0 Å². The SMILES string of the molecule is c1ccc(-c2ccccc2N(c2ccc(-c3ccc4c(c3)sc3ccccc34)cc2)c2ccccc2-c2cccc3oc4ccccc4c23)c(-c2ccc3ccccc3c2)c1. The van der Waals surface area contributed by atoms with Gasteiger partial charge in [0.05, 0.1) is 11.4 Å². The van der Waals surface area contributed by atoms with Crippen molar-refractivity contribution in [2.75, 3.05) is 4.90 Å². The molecule has 0 aliphatic carbocycles. The lowest BCUT2D eigenvalue weighted by molar-refractivity contribution is 0.669. The third-order valence-corrected chi connectivity index (χ3v) is 13.2. The van der Waals surface area contributed by atoms with E-state index in [4.69, 9.17) is 4.42 Å². The predicted molar refractivity (Wildman–Crippen MR) is 261 cm³/mol. The number of hydrogen-bond donors (Lipinski definition) is 0. The molecule has 0 atom stereocenters. The summed E-state index contributed by atoms with van der Waals surface area (Å²) in [4.78, 5) is 2.45. The Morgan fingerprint density at radius 3 is 1.72 bits per heavy atom. The summed E-state index contributed by atoms with van der Waals surface area (Å²) in [5, 5.41) is 7.32. The first-order valence-electron chi connectivity index (χ1n) is 20.7. The second-order valence-corrected chi connectivity index (χ2v) is 16.7. The zero-order valence-electron chi connectivity index (χ0n) is 33.1. The third kappa shape index (κ3) is 6.01. The van der Waals surface area contributed by atoms with E-state index < -0.39 is 0 Å². The molecule has 2 aromatic heterocycles. The van der Waals surface area contributed by atoms with Crippen LogP contribution in [0.1, 0.15) is 0 Å². The van der Waals surface area contributed by atoms with Crippen molar-refractivity contribution in [3.63, 3.8) is 0 Å². The van der Waals surface area contributed by atoms with Gasteiger partial charge in [0.2, 0.25) is 0 Å². The van der Waals surface area contributed by atoms with Crippen LogP contribution < -0.4 is 4.90 Å². The number of anilines is 3. The molecule has 0 N–H and O–H groups in total. The molecule has 0 amide bonds. The zero-order chi connectivity index (χ0) is 40.3. The number of rotatable bonds is 7. The van der Waals surface area contributed by atoms with E-state index in [1.807, 2.05) is 17.4 Å². The van der Waals surface area contributed by atoms with E-state index in [1.165, 1.54) is 58.8 Å². The highest BCUT2D eigenvalue weighted by atomic mass is 32.1. The minimum atomic E-state index is 0.879. The molecule has 2 nitrogen and oxygen atoms in total. The predicted octanol–water partition coefficient (Wildman–Crippen LogP) is 17.2. The average molecular weight is 796 g/mol. The molecule has 0 saturated carbocycles. The van der Waals surface area contributed by atoms with Crippen molar-refractivity contribution < 1.29 is 4.42 Å². The Kier molecular flexibility index (Phi) is 8.39. The van der Waals surface area contributed by atoms with Crippen LogP contribution in [0, 0.1) is 0 Å². The topological polar surface area (TPSA) is 16.4 Å². The molecule has 61 heavy (non-hydrogen) atoms. The van der Waals surface area contributed by atoms with E-state index in [-0.39, 0.29) is 0 Å². The van der Waals surface area contributed by atoms with E-state index in [9.17, 15) is 0 Å². The van der Waals surface area contributed by atoms with Crippen molar-refractivity contribution in [2.45, 2.75) is 0 Å². The maximum absolute atomic E-state index is 6.43. The highest BCUT2D eigenvalue weighted by Crippen LogP contribution is 2.48. The Balaban J connectivity index is 1.06. The van der Waals surface area contributed by atoms with Crippen molar-refractivity contribution in [1.82, 2.24) is 0 Å². The second kappa shape index (κ2) is 14.5. The van der Waals surface area contributed by atoms with Crippen LogP contribution in [-0.2, 0) is 0 Å². The first kappa shape index (κ1) is 35.2. The van der Waals surface area contributed by atoms with Crippen LogP contribution in [-0.4, -0.2) is 0 Å². The van der Waals surface area contributed by atoms with Crippen LogP contribution in [0.5, 0.6) is 0 Å². The van der Waals surface area contributed by atoms with Crippen molar-refractivity contribution in [3.05, 3.63) is 224 Å². The molecule has 0 bridgehead atoms. The van der Waals surface area contributed by atoms with Gasteiger partial charge in [0.25, 0.3) is 0 Å².